The second-order valence-electron chi connectivity index (χ2n) is 28.1. The average Bonchev–Trinajstić information content (AvgIpc) is 3.58. The van der Waals surface area contributed by atoms with E-state index in [4.69, 9.17) is 4.74 Å². The number of rotatable bonds is 77. The lowest BCUT2D eigenvalue weighted by atomic mass is 10.0. The Morgan fingerprint density at radius 3 is 0.807 bits per heavy atom. The van der Waals surface area contributed by atoms with Crippen LogP contribution in [0.4, 0.5) is 0 Å². The molecule has 1 amide bonds. The Hall–Kier alpha value is -1.66. The van der Waals surface area contributed by atoms with E-state index in [2.05, 4.69) is 43.5 Å². The molecule has 0 aliphatic carbocycles. The van der Waals surface area contributed by atoms with E-state index in [0.717, 1.165) is 44.9 Å². The fourth-order valence-corrected chi connectivity index (χ4v) is 13.0. The quantitative estimate of drug-likeness (QED) is 0.0320. The molecular weight excluding hydrogens is 1080 g/mol. The number of ether oxygens (including phenoxy) is 1. The molecule has 6 heteroatoms. The van der Waals surface area contributed by atoms with Crippen LogP contribution in [0.1, 0.15) is 463 Å². The molecule has 2 atom stereocenters. The minimum atomic E-state index is -0.665. The molecule has 0 heterocycles. The van der Waals surface area contributed by atoms with Gasteiger partial charge in [-0.25, -0.2) is 0 Å². The van der Waals surface area contributed by atoms with Crippen molar-refractivity contribution in [3.05, 3.63) is 24.3 Å². The maximum absolute atomic E-state index is 12.6. The highest BCUT2D eigenvalue weighted by atomic mass is 16.5. The Balaban J connectivity index is 3.37. The van der Waals surface area contributed by atoms with Crippen LogP contribution in [-0.2, 0) is 14.3 Å². The van der Waals surface area contributed by atoms with Gasteiger partial charge in [0.1, 0.15) is 0 Å². The zero-order valence-corrected chi connectivity index (χ0v) is 60.0. The molecule has 2 unspecified atom stereocenters. The van der Waals surface area contributed by atoms with Crippen LogP contribution in [0, 0.1) is 0 Å². The fraction of sp³-hybridized carbons (Fsp3) is 0.927. The van der Waals surface area contributed by atoms with E-state index in [-0.39, 0.29) is 18.5 Å². The predicted molar refractivity (Wildman–Crippen MR) is 389 cm³/mol. The molecule has 0 saturated heterocycles. The summed E-state index contributed by atoms with van der Waals surface area (Å²) in [4.78, 5) is 24.7. The van der Waals surface area contributed by atoms with Crippen molar-refractivity contribution in [1.82, 2.24) is 5.32 Å². The number of amides is 1. The van der Waals surface area contributed by atoms with Crippen LogP contribution in [0.25, 0.3) is 0 Å². The number of hydrogen-bond acceptors (Lipinski definition) is 5. The Morgan fingerprint density at radius 2 is 0.534 bits per heavy atom. The second kappa shape index (κ2) is 77.8. The third kappa shape index (κ3) is 73.4. The Morgan fingerprint density at radius 1 is 0.307 bits per heavy atom. The van der Waals surface area contributed by atoms with Crippen LogP contribution in [0.15, 0.2) is 24.3 Å². The van der Waals surface area contributed by atoms with E-state index in [0.29, 0.717) is 25.9 Å². The minimum absolute atomic E-state index is 0.0144. The predicted octanol–water partition coefficient (Wildman–Crippen LogP) is 26.8. The molecule has 3 N–H and O–H groups in total. The summed E-state index contributed by atoms with van der Waals surface area (Å²) < 4.78 is 5.51. The fourth-order valence-electron chi connectivity index (χ4n) is 13.0. The van der Waals surface area contributed by atoms with E-state index in [1.165, 1.54) is 385 Å². The van der Waals surface area contributed by atoms with Crippen molar-refractivity contribution in [3.8, 4) is 0 Å². The summed E-state index contributed by atoms with van der Waals surface area (Å²) in [5, 5.41) is 23.5. The van der Waals surface area contributed by atoms with E-state index in [1.807, 2.05) is 0 Å². The number of esters is 1. The molecule has 0 rings (SSSR count). The third-order valence-electron chi connectivity index (χ3n) is 19.2. The number of allylic oxidation sites excluding steroid dienone is 4. The highest BCUT2D eigenvalue weighted by Crippen LogP contribution is 2.20. The zero-order chi connectivity index (χ0) is 63.5. The molecule has 0 aliphatic heterocycles. The summed E-state index contributed by atoms with van der Waals surface area (Å²) in [7, 11) is 0. The van der Waals surface area contributed by atoms with E-state index in [1.54, 1.807) is 0 Å². The van der Waals surface area contributed by atoms with Gasteiger partial charge in [-0.3, -0.25) is 9.59 Å². The maximum Gasteiger partial charge on any atom is 0.305 e. The van der Waals surface area contributed by atoms with Crippen molar-refractivity contribution >= 4 is 11.9 Å². The van der Waals surface area contributed by atoms with Crippen LogP contribution < -0.4 is 5.32 Å². The SMILES string of the molecule is CCCCCCCC/C=C\CCCCCCCCCC(=O)OCCCCCCCCCCCCCC/C=C\CCCCCCCCCCCCCCCC(=O)NC(CO)C(O)CCCCCCCCCCCCCCCCCCCCCCCCCCC. The van der Waals surface area contributed by atoms with Crippen molar-refractivity contribution in [2.75, 3.05) is 13.2 Å². The molecule has 0 aromatic rings. The monoisotopic (exact) mass is 1240 g/mol. The standard InChI is InChI=1S/C82H159NO5/c1-3-5-7-9-11-13-15-17-19-21-22-23-24-30-33-36-39-43-46-50-54-58-62-66-70-74-80(85)79(78-84)83-81(86)75-71-67-63-59-55-51-47-44-40-37-34-31-28-26-25-27-29-32-35-38-41-45-49-53-57-61-65-69-73-77-88-82(87)76-72-68-64-60-56-52-48-42-20-18-16-14-12-10-8-6-4-2/h18,20,25,27,79-80,84-85H,3-17,19,21-24,26,28-78H2,1-2H3,(H,83,86)/b20-18-,27-25-. The first kappa shape index (κ1) is 86.3. The molecule has 0 spiro atoms. The summed E-state index contributed by atoms with van der Waals surface area (Å²) in [5.41, 5.74) is 0. The van der Waals surface area contributed by atoms with Gasteiger partial charge >= 0.3 is 5.97 Å². The number of unbranched alkanes of at least 4 members (excludes halogenated alkanes) is 62. The van der Waals surface area contributed by atoms with Gasteiger partial charge < -0.3 is 20.3 Å². The van der Waals surface area contributed by atoms with Gasteiger partial charge in [0.15, 0.2) is 0 Å². The zero-order valence-electron chi connectivity index (χ0n) is 60.0. The van der Waals surface area contributed by atoms with Crippen molar-refractivity contribution in [2.45, 2.75) is 475 Å². The highest BCUT2D eigenvalue weighted by molar-refractivity contribution is 5.76. The molecular formula is C82H159NO5. The van der Waals surface area contributed by atoms with Gasteiger partial charge in [0, 0.05) is 12.8 Å². The van der Waals surface area contributed by atoms with Crippen molar-refractivity contribution in [2.24, 2.45) is 0 Å². The lowest BCUT2D eigenvalue weighted by Gasteiger charge is -2.22. The van der Waals surface area contributed by atoms with Crippen LogP contribution in [-0.4, -0.2) is 47.4 Å². The van der Waals surface area contributed by atoms with Crippen LogP contribution >= 0.6 is 0 Å². The summed E-state index contributed by atoms with van der Waals surface area (Å²) >= 11 is 0. The topological polar surface area (TPSA) is 95.9 Å². The number of carbonyl (C=O) groups is 2. The molecule has 0 aromatic carbocycles. The Bertz CT molecular complexity index is 1380. The summed E-state index contributed by atoms with van der Waals surface area (Å²) in [6.45, 7) is 5.00. The van der Waals surface area contributed by atoms with Crippen molar-refractivity contribution < 1.29 is 24.5 Å². The van der Waals surface area contributed by atoms with Gasteiger partial charge in [0.25, 0.3) is 0 Å². The second-order valence-corrected chi connectivity index (χ2v) is 28.1. The third-order valence-corrected chi connectivity index (χ3v) is 19.2. The molecule has 0 bridgehead atoms. The minimum Gasteiger partial charge on any atom is -0.466 e. The number of carbonyl (C=O) groups excluding carboxylic acids is 2. The van der Waals surface area contributed by atoms with E-state index < -0.39 is 12.1 Å². The van der Waals surface area contributed by atoms with Crippen LogP contribution in [0.3, 0.4) is 0 Å². The van der Waals surface area contributed by atoms with E-state index in [9.17, 15) is 19.8 Å². The average molecular weight is 1240 g/mol. The molecule has 522 valence electrons. The van der Waals surface area contributed by atoms with Gasteiger partial charge in [0.2, 0.25) is 5.91 Å². The molecule has 0 radical (unpaired) electrons. The first-order chi connectivity index (χ1) is 43.5. The van der Waals surface area contributed by atoms with Crippen LogP contribution in [0.5, 0.6) is 0 Å². The van der Waals surface area contributed by atoms with Gasteiger partial charge in [-0.15, -0.1) is 0 Å². The van der Waals surface area contributed by atoms with Crippen molar-refractivity contribution in [1.29, 1.82) is 0 Å². The summed E-state index contributed by atoms with van der Waals surface area (Å²) in [6, 6.07) is -0.542. The normalized spacial score (nSPS) is 12.5. The molecule has 0 saturated carbocycles. The lowest BCUT2D eigenvalue weighted by molar-refractivity contribution is -0.143. The molecule has 6 nitrogen and oxygen atoms in total. The van der Waals surface area contributed by atoms with Gasteiger partial charge in [-0.05, 0) is 77.0 Å². The number of aliphatic hydroxyl groups is 2. The summed E-state index contributed by atoms with van der Waals surface area (Å²) in [6.07, 6.45) is 99.9. The lowest BCUT2D eigenvalue weighted by Crippen LogP contribution is -2.45. The van der Waals surface area contributed by atoms with Gasteiger partial charge in [-0.2, -0.15) is 0 Å². The smallest absolute Gasteiger partial charge is 0.305 e. The van der Waals surface area contributed by atoms with Gasteiger partial charge in [0.05, 0.1) is 25.4 Å². The summed E-state index contributed by atoms with van der Waals surface area (Å²) in [5.74, 6) is -0.0138. The maximum atomic E-state index is 12.6. The van der Waals surface area contributed by atoms with Crippen molar-refractivity contribution in [3.63, 3.8) is 0 Å². The largest absolute Gasteiger partial charge is 0.466 e. The Kier molecular flexibility index (Phi) is 76.3. The molecule has 0 fully saturated rings. The first-order valence-electron chi connectivity index (χ1n) is 40.6. The number of nitrogens with one attached hydrogen (secondary N) is 1. The van der Waals surface area contributed by atoms with Crippen LogP contribution in [0.2, 0.25) is 0 Å². The highest BCUT2D eigenvalue weighted by Gasteiger charge is 2.20. The van der Waals surface area contributed by atoms with E-state index >= 15 is 0 Å². The molecule has 0 aliphatic rings. The Labute approximate surface area is 551 Å². The first-order valence-corrected chi connectivity index (χ1v) is 40.6. The molecule has 88 heavy (non-hydrogen) atoms. The number of hydrogen-bond donors (Lipinski definition) is 3. The number of aliphatic hydroxyl groups excluding tert-OH is 2. The van der Waals surface area contributed by atoms with Gasteiger partial charge in [-0.1, -0.05) is 398 Å². The molecule has 0 aromatic heterocycles.